The number of carbonyl (C=O) groups excluding carboxylic acids is 2. The predicted molar refractivity (Wildman–Crippen MR) is 102 cm³/mol. The molecule has 0 bridgehead atoms. The fraction of sp³-hybridized carbons (Fsp3) is 0.600. The van der Waals surface area contributed by atoms with Gasteiger partial charge in [0.25, 0.3) is 0 Å². The lowest BCUT2D eigenvalue weighted by Gasteiger charge is -2.31. The molecule has 1 saturated heterocycles. The number of aryl methyl sites for hydroxylation is 2. The number of likely N-dealkylation sites (tertiary alicyclic amines) is 1. The van der Waals surface area contributed by atoms with Crippen LogP contribution < -0.4 is 5.32 Å². The highest BCUT2D eigenvalue weighted by Crippen LogP contribution is 2.28. The van der Waals surface area contributed by atoms with Gasteiger partial charge in [0.2, 0.25) is 11.8 Å². The molecule has 1 N–H and O–H groups in total. The lowest BCUT2D eigenvalue weighted by atomic mass is 9.96. The largest absolute Gasteiger partial charge is 0.356 e. The fourth-order valence-corrected chi connectivity index (χ4v) is 4.52. The summed E-state index contributed by atoms with van der Waals surface area (Å²) in [5.74, 6) is 0.908. The lowest BCUT2D eigenvalue weighted by Crippen LogP contribution is -2.43. The van der Waals surface area contributed by atoms with Crippen LogP contribution in [0.3, 0.4) is 0 Å². The highest BCUT2D eigenvalue weighted by Gasteiger charge is 2.27. The predicted octanol–water partition coefficient (Wildman–Crippen LogP) is 3.03. The number of hydrogen-bond acceptors (Lipinski definition) is 3. The van der Waals surface area contributed by atoms with Crippen molar-refractivity contribution >= 4 is 23.6 Å². The van der Waals surface area contributed by atoms with E-state index in [1.165, 1.54) is 35.3 Å². The van der Waals surface area contributed by atoms with Gasteiger partial charge in [-0.15, -0.1) is 11.8 Å². The van der Waals surface area contributed by atoms with E-state index in [9.17, 15) is 9.59 Å². The monoisotopic (exact) mass is 360 g/mol. The summed E-state index contributed by atoms with van der Waals surface area (Å²) in [4.78, 5) is 27.6. The minimum Gasteiger partial charge on any atom is -0.356 e. The van der Waals surface area contributed by atoms with Gasteiger partial charge in [0.1, 0.15) is 0 Å². The smallest absolute Gasteiger partial charge is 0.232 e. The number of hydrogen-bond donors (Lipinski definition) is 1. The minimum absolute atomic E-state index is 0.0694. The molecule has 1 aliphatic carbocycles. The first-order chi connectivity index (χ1) is 12.2. The van der Waals surface area contributed by atoms with Crippen LogP contribution in [0.15, 0.2) is 23.1 Å². The van der Waals surface area contributed by atoms with E-state index < -0.39 is 0 Å². The summed E-state index contributed by atoms with van der Waals surface area (Å²) in [6, 6.07) is 6.62. The highest BCUT2D eigenvalue weighted by atomic mass is 32.2. The van der Waals surface area contributed by atoms with Gasteiger partial charge in [0.15, 0.2) is 0 Å². The number of benzene rings is 1. The van der Waals surface area contributed by atoms with Crippen molar-refractivity contribution in [3.05, 3.63) is 29.3 Å². The first kappa shape index (κ1) is 18.3. The molecule has 0 saturated carbocycles. The Morgan fingerprint density at radius 2 is 1.96 bits per heavy atom. The zero-order valence-corrected chi connectivity index (χ0v) is 15.9. The zero-order chi connectivity index (χ0) is 17.6. The molecule has 3 rings (SSSR count). The average Bonchev–Trinajstić information content (AvgIpc) is 3.12. The van der Waals surface area contributed by atoms with E-state index in [1.54, 1.807) is 11.8 Å². The number of carbonyl (C=O) groups is 2. The van der Waals surface area contributed by atoms with Crippen molar-refractivity contribution in [3.63, 3.8) is 0 Å². The lowest BCUT2D eigenvalue weighted by molar-refractivity contribution is -0.133. The van der Waals surface area contributed by atoms with Gasteiger partial charge in [-0.3, -0.25) is 9.59 Å². The fourth-order valence-electron chi connectivity index (χ4n) is 3.66. The van der Waals surface area contributed by atoms with Crippen LogP contribution in [0, 0.1) is 5.92 Å². The van der Waals surface area contributed by atoms with Gasteiger partial charge in [-0.1, -0.05) is 13.0 Å². The van der Waals surface area contributed by atoms with E-state index in [0.717, 1.165) is 25.8 Å². The van der Waals surface area contributed by atoms with Crippen molar-refractivity contribution in [1.82, 2.24) is 10.2 Å². The molecular formula is C20H28N2O2S. The summed E-state index contributed by atoms with van der Waals surface area (Å²) < 4.78 is 0. The molecule has 25 heavy (non-hydrogen) atoms. The Morgan fingerprint density at radius 1 is 1.20 bits per heavy atom. The van der Waals surface area contributed by atoms with E-state index in [4.69, 9.17) is 0 Å². The van der Waals surface area contributed by atoms with E-state index in [1.807, 2.05) is 4.90 Å². The number of thioether (sulfide) groups is 1. The first-order valence-corrected chi connectivity index (χ1v) is 10.5. The Morgan fingerprint density at radius 3 is 2.72 bits per heavy atom. The third-order valence-corrected chi connectivity index (χ3v) is 6.18. The molecule has 0 aromatic heterocycles. The van der Waals surface area contributed by atoms with Gasteiger partial charge in [0, 0.05) is 30.4 Å². The normalized spacial score (nSPS) is 17.4. The quantitative estimate of drug-likeness (QED) is 0.794. The minimum atomic E-state index is 0.0694. The molecule has 4 nitrogen and oxygen atoms in total. The van der Waals surface area contributed by atoms with Gasteiger partial charge in [-0.25, -0.2) is 0 Å². The number of rotatable bonds is 6. The van der Waals surface area contributed by atoms with Crippen molar-refractivity contribution in [1.29, 1.82) is 0 Å². The third kappa shape index (κ3) is 4.78. The molecule has 2 amide bonds. The number of fused-ring (bicyclic) bond motifs is 1. The summed E-state index contributed by atoms with van der Waals surface area (Å²) in [5.41, 5.74) is 2.93. The van der Waals surface area contributed by atoms with Crippen LogP contribution in [0.5, 0.6) is 0 Å². The average molecular weight is 361 g/mol. The molecule has 0 unspecified atom stereocenters. The summed E-state index contributed by atoms with van der Waals surface area (Å²) >= 11 is 1.64. The zero-order valence-electron chi connectivity index (χ0n) is 15.1. The molecule has 1 aromatic carbocycles. The van der Waals surface area contributed by atoms with Crippen LogP contribution in [-0.2, 0) is 22.4 Å². The maximum Gasteiger partial charge on any atom is 0.232 e. The molecule has 0 spiro atoms. The van der Waals surface area contributed by atoms with Gasteiger partial charge in [-0.2, -0.15) is 0 Å². The molecule has 136 valence electrons. The molecule has 0 radical (unpaired) electrons. The molecule has 1 aliphatic heterocycles. The maximum absolute atomic E-state index is 12.5. The van der Waals surface area contributed by atoms with Crippen LogP contribution in [0.25, 0.3) is 0 Å². The van der Waals surface area contributed by atoms with Crippen molar-refractivity contribution in [2.24, 2.45) is 5.92 Å². The van der Waals surface area contributed by atoms with E-state index in [2.05, 4.69) is 30.4 Å². The van der Waals surface area contributed by atoms with Crippen molar-refractivity contribution < 1.29 is 9.59 Å². The second-order valence-corrected chi connectivity index (χ2v) is 8.07. The molecule has 1 aromatic rings. The van der Waals surface area contributed by atoms with Gasteiger partial charge < -0.3 is 10.2 Å². The maximum atomic E-state index is 12.5. The van der Waals surface area contributed by atoms with E-state index in [0.29, 0.717) is 18.8 Å². The number of nitrogens with zero attached hydrogens (tertiary/aromatic N) is 1. The molecule has 1 heterocycles. The van der Waals surface area contributed by atoms with Gasteiger partial charge in [-0.05, 0) is 61.8 Å². The topological polar surface area (TPSA) is 49.4 Å². The number of amides is 2. The number of piperidine rings is 1. The second kappa shape index (κ2) is 8.75. The van der Waals surface area contributed by atoms with Crippen LogP contribution in [0.1, 0.15) is 43.7 Å². The molecule has 1 fully saturated rings. The highest BCUT2D eigenvalue weighted by molar-refractivity contribution is 8.00. The summed E-state index contributed by atoms with van der Waals surface area (Å²) in [6.45, 7) is 4.21. The Balaban J connectivity index is 1.43. The first-order valence-electron chi connectivity index (χ1n) is 9.47. The van der Waals surface area contributed by atoms with E-state index >= 15 is 0 Å². The molecule has 5 heteroatoms. The SMILES string of the molecule is CCCNC(=O)C1CCN(C(=O)CSc2ccc3c(c2)CCC3)CC1. The third-order valence-electron chi connectivity index (χ3n) is 5.20. The standard InChI is InChI=1S/C20H28N2O2S/c1-2-10-21-20(24)16-8-11-22(12-9-16)19(23)14-25-18-7-6-15-4-3-5-17(15)13-18/h6-7,13,16H,2-5,8-12,14H2,1H3,(H,21,24). The summed E-state index contributed by atoms with van der Waals surface area (Å²) in [6.07, 6.45) is 6.15. The summed E-state index contributed by atoms with van der Waals surface area (Å²) in [5, 5.41) is 2.97. The second-order valence-electron chi connectivity index (χ2n) is 7.02. The molecule has 2 aliphatic rings. The molecule has 0 atom stereocenters. The number of nitrogens with one attached hydrogen (secondary N) is 1. The Kier molecular flexibility index (Phi) is 6.40. The van der Waals surface area contributed by atoms with Gasteiger partial charge in [0.05, 0.1) is 5.75 Å². The van der Waals surface area contributed by atoms with Crippen molar-refractivity contribution in [2.75, 3.05) is 25.4 Å². The Hall–Kier alpha value is -1.49. The molecular weight excluding hydrogens is 332 g/mol. The van der Waals surface area contributed by atoms with E-state index in [-0.39, 0.29) is 17.7 Å². The van der Waals surface area contributed by atoms with Crippen LogP contribution >= 0.6 is 11.8 Å². The van der Waals surface area contributed by atoms with Crippen LogP contribution in [0.2, 0.25) is 0 Å². The Bertz CT molecular complexity index is 624. The Labute approximate surface area is 154 Å². The van der Waals surface area contributed by atoms with Crippen LogP contribution in [0.4, 0.5) is 0 Å². The van der Waals surface area contributed by atoms with Gasteiger partial charge >= 0.3 is 0 Å². The van der Waals surface area contributed by atoms with Crippen molar-refractivity contribution in [3.8, 4) is 0 Å². The van der Waals surface area contributed by atoms with Crippen LogP contribution in [-0.4, -0.2) is 42.1 Å². The van der Waals surface area contributed by atoms with Crippen molar-refractivity contribution in [2.45, 2.75) is 50.3 Å². The summed E-state index contributed by atoms with van der Waals surface area (Å²) in [7, 11) is 0.